The number of likely N-dealkylation sites (tertiary alicyclic amines) is 1. The predicted molar refractivity (Wildman–Crippen MR) is 88.3 cm³/mol. The van der Waals surface area contributed by atoms with E-state index in [0.717, 1.165) is 35.5 Å². The lowest BCUT2D eigenvalue weighted by Gasteiger charge is -2.33. The number of fused-ring (bicyclic) bond motifs is 1. The van der Waals surface area contributed by atoms with Crippen LogP contribution in [-0.4, -0.2) is 32.9 Å². The molecule has 3 heterocycles. The van der Waals surface area contributed by atoms with Crippen molar-refractivity contribution >= 4 is 27.5 Å². The van der Waals surface area contributed by atoms with Crippen molar-refractivity contribution < 1.29 is 4.79 Å². The second-order valence-corrected chi connectivity index (χ2v) is 7.01. The van der Waals surface area contributed by atoms with Crippen LogP contribution < -0.4 is 5.56 Å². The van der Waals surface area contributed by atoms with Crippen LogP contribution in [-0.2, 0) is 17.8 Å². The molecule has 1 aliphatic heterocycles. The minimum atomic E-state index is -0.112. The number of rotatable bonds is 3. The normalized spacial score (nSPS) is 18.8. The average Bonchev–Trinajstić information content (AvgIpc) is 2.94. The summed E-state index contributed by atoms with van der Waals surface area (Å²) in [6, 6.07) is 2.17. The summed E-state index contributed by atoms with van der Waals surface area (Å²) < 4.78 is 1.44. The van der Waals surface area contributed by atoms with Crippen molar-refractivity contribution in [1.29, 1.82) is 0 Å². The van der Waals surface area contributed by atoms with E-state index in [9.17, 15) is 9.59 Å². The fourth-order valence-corrected chi connectivity index (χ4v) is 3.93. The highest BCUT2D eigenvalue weighted by molar-refractivity contribution is 7.18. The van der Waals surface area contributed by atoms with Crippen LogP contribution in [0.2, 0.25) is 0 Å². The minimum absolute atomic E-state index is 0.0152. The van der Waals surface area contributed by atoms with Crippen molar-refractivity contribution in [3.63, 3.8) is 0 Å². The first-order chi connectivity index (χ1) is 10.6. The number of aryl methyl sites for hydroxylation is 1. The topological polar surface area (TPSA) is 55.2 Å². The van der Waals surface area contributed by atoms with Gasteiger partial charge in [0.15, 0.2) is 0 Å². The molecule has 1 amide bonds. The molecule has 0 aromatic carbocycles. The lowest BCUT2D eigenvalue weighted by atomic mass is 10.0. The third-order valence-electron chi connectivity index (χ3n) is 4.35. The number of amides is 1. The fraction of sp³-hybridized carbons (Fsp3) is 0.562. The Morgan fingerprint density at radius 2 is 2.27 bits per heavy atom. The second-order valence-electron chi connectivity index (χ2n) is 5.89. The Morgan fingerprint density at radius 1 is 1.45 bits per heavy atom. The molecule has 0 N–H and O–H groups in total. The molecule has 5 nitrogen and oxygen atoms in total. The molecule has 1 unspecified atom stereocenters. The monoisotopic (exact) mass is 319 g/mol. The van der Waals surface area contributed by atoms with Gasteiger partial charge in [0.05, 0.1) is 11.7 Å². The number of aromatic nitrogens is 2. The van der Waals surface area contributed by atoms with E-state index in [1.54, 1.807) is 11.3 Å². The number of carbonyl (C=O) groups is 1. The van der Waals surface area contributed by atoms with Crippen molar-refractivity contribution in [3.8, 4) is 0 Å². The van der Waals surface area contributed by atoms with E-state index >= 15 is 0 Å². The molecule has 6 heteroatoms. The van der Waals surface area contributed by atoms with Crippen molar-refractivity contribution in [3.05, 3.63) is 27.6 Å². The number of piperidine rings is 1. The first-order valence-electron chi connectivity index (χ1n) is 7.87. The van der Waals surface area contributed by atoms with E-state index < -0.39 is 0 Å². The maximum Gasteiger partial charge on any atom is 0.262 e. The van der Waals surface area contributed by atoms with E-state index in [-0.39, 0.29) is 24.1 Å². The van der Waals surface area contributed by atoms with Crippen LogP contribution in [0.25, 0.3) is 10.2 Å². The minimum Gasteiger partial charge on any atom is -0.338 e. The first-order valence-corrected chi connectivity index (χ1v) is 8.69. The fourth-order valence-electron chi connectivity index (χ4n) is 3.00. The summed E-state index contributed by atoms with van der Waals surface area (Å²) in [5.41, 5.74) is -0.112. The quantitative estimate of drug-likeness (QED) is 0.873. The molecule has 0 spiro atoms. The molecule has 1 saturated heterocycles. The van der Waals surface area contributed by atoms with E-state index in [1.807, 2.05) is 11.0 Å². The molecule has 22 heavy (non-hydrogen) atoms. The Hall–Kier alpha value is -1.69. The lowest BCUT2D eigenvalue weighted by molar-refractivity contribution is -0.135. The summed E-state index contributed by atoms with van der Waals surface area (Å²) in [6.07, 6.45) is 5.67. The molecule has 2 aromatic heterocycles. The molecule has 1 fully saturated rings. The SMILES string of the molecule is CCc1cc2c(=O)n(CC(=O)N3CCCCC3C)cnc2s1. The maximum atomic E-state index is 12.5. The van der Waals surface area contributed by atoms with Crippen molar-refractivity contribution in [2.45, 2.75) is 52.1 Å². The summed E-state index contributed by atoms with van der Waals surface area (Å²) in [6.45, 7) is 5.02. The molecule has 2 aromatic rings. The van der Waals surface area contributed by atoms with Gasteiger partial charge in [-0.15, -0.1) is 11.3 Å². The van der Waals surface area contributed by atoms with Crippen LogP contribution in [0.4, 0.5) is 0 Å². The maximum absolute atomic E-state index is 12.5. The number of hydrogen-bond donors (Lipinski definition) is 0. The highest BCUT2D eigenvalue weighted by atomic mass is 32.1. The van der Waals surface area contributed by atoms with Crippen LogP contribution >= 0.6 is 11.3 Å². The number of nitrogens with zero attached hydrogens (tertiary/aromatic N) is 3. The van der Waals surface area contributed by atoms with Gasteiger partial charge >= 0.3 is 0 Å². The van der Waals surface area contributed by atoms with Gasteiger partial charge in [0.25, 0.3) is 5.56 Å². The standard InChI is InChI=1S/C16H21N3O2S/c1-3-12-8-13-15(22-12)17-10-18(16(13)21)9-14(20)19-7-5-4-6-11(19)2/h8,10-11H,3-7,9H2,1-2H3. The van der Waals surface area contributed by atoms with E-state index in [1.165, 1.54) is 17.3 Å². The van der Waals surface area contributed by atoms with Gasteiger partial charge in [-0.2, -0.15) is 0 Å². The van der Waals surface area contributed by atoms with E-state index in [0.29, 0.717) is 5.39 Å². The lowest BCUT2D eigenvalue weighted by Crippen LogP contribution is -2.44. The highest BCUT2D eigenvalue weighted by Crippen LogP contribution is 2.21. The van der Waals surface area contributed by atoms with Gasteiger partial charge in [-0.25, -0.2) is 4.98 Å². The zero-order valence-corrected chi connectivity index (χ0v) is 13.9. The van der Waals surface area contributed by atoms with Crippen LogP contribution in [0.5, 0.6) is 0 Å². The molecule has 0 bridgehead atoms. The van der Waals surface area contributed by atoms with Gasteiger partial charge in [0.1, 0.15) is 11.4 Å². The second kappa shape index (κ2) is 6.20. The van der Waals surface area contributed by atoms with Crippen molar-refractivity contribution in [2.24, 2.45) is 0 Å². The zero-order valence-electron chi connectivity index (χ0n) is 13.0. The van der Waals surface area contributed by atoms with Gasteiger partial charge in [-0.1, -0.05) is 6.92 Å². The molecule has 118 valence electrons. The Morgan fingerprint density at radius 3 is 3.00 bits per heavy atom. The predicted octanol–water partition coefficient (Wildman–Crippen LogP) is 2.42. The van der Waals surface area contributed by atoms with Gasteiger partial charge in [0.2, 0.25) is 5.91 Å². The van der Waals surface area contributed by atoms with Gasteiger partial charge in [0, 0.05) is 17.5 Å². The Labute approximate surface area is 133 Å². The van der Waals surface area contributed by atoms with Crippen LogP contribution in [0.15, 0.2) is 17.2 Å². The van der Waals surface area contributed by atoms with Crippen molar-refractivity contribution in [2.75, 3.05) is 6.54 Å². The van der Waals surface area contributed by atoms with E-state index in [4.69, 9.17) is 0 Å². The van der Waals surface area contributed by atoms with Gasteiger partial charge in [-0.05, 0) is 38.7 Å². The summed E-state index contributed by atoms with van der Waals surface area (Å²) in [5, 5.41) is 0.629. The molecule has 0 radical (unpaired) electrons. The van der Waals surface area contributed by atoms with Crippen LogP contribution in [0.3, 0.4) is 0 Å². The first kappa shape index (κ1) is 15.2. The van der Waals surface area contributed by atoms with Crippen molar-refractivity contribution in [1.82, 2.24) is 14.5 Å². The zero-order chi connectivity index (χ0) is 15.7. The highest BCUT2D eigenvalue weighted by Gasteiger charge is 2.23. The number of carbonyl (C=O) groups excluding carboxylic acids is 1. The Bertz CT molecular complexity index is 749. The summed E-state index contributed by atoms with van der Waals surface area (Å²) >= 11 is 1.55. The third kappa shape index (κ3) is 2.79. The smallest absolute Gasteiger partial charge is 0.262 e. The van der Waals surface area contributed by atoms with Crippen LogP contribution in [0.1, 0.15) is 38.0 Å². The molecular formula is C16H21N3O2S. The Kier molecular flexibility index (Phi) is 4.29. The molecular weight excluding hydrogens is 298 g/mol. The number of hydrogen-bond acceptors (Lipinski definition) is 4. The van der Waals surface area contributed by atoms with Crippen LogP contribution in [0, 0.1) is 0 Å². The summed E-state index contributed by atoms with van der Waals surface area (Å²) in [4.78, 5) is 33.1. The Balaban J connectivity index is 1.85. The molecule has 0 saturated carbocycles. The summed E-state index contributed by atoms with van der Waals surface area (Å²) in [5.74, 6) is 0.0152. The number of thiophene rings is 1. The molecule has 0 aliphatic carbocycles. The average molecular weight is 319 g/mol. The largest absolute Gasteiger partial charge is 0.338 e. The molecule has 1 aliphatic rings. The summed E-state index contributed by atoms with van der Waals surface area (Å²) in [7, 11) is 0. The van der Waals surface area contributed by atoms with Gasteiger partial charge in [-0.3, -0.25) is 14.2 Å². The third-order valence-corrected chi connectivity index (χ3v) is 5.53. The van der Waals surface area contributed by atoms with Gasteiger partial charge < -0.3 is 4.90 Å². The molecule has 3 rings (SSSR count). The van der Waals surface area contributed by atoms with E-state index in [2.05, 4.69) is 18.8 Å². The molecule has 1 atom stereocenters.